The summed E-state index contributed by atoms with van der Waals surface area (Å²) in [5.74, 6) is 1.28. The maximum Gasteiger partial charge on any atom is 0.387 e. The van der Waals surface area contributed by atoms with E-state index in [1.54, 1.807) is 12.1 Å². The minimum absolute atomic E-state index is 0.102. The largest absolute Gasteiger partial charge is 0.432 e. The number of anilines is 1. The SMILES string of the molecule is FC(F)Oc1c(Cl)cc(NC(C2CC2)C2CC2)cc1Cl. The molecule has 2 nitrogen and oxygen atoms in total. The summed E-state index contributed by atoms with van der Waals surface area (Å²) in [6.07, 6.45) is 5.01. The van der Waals surface area contributed by atoms with Crippen molar-refractivity contribution < 1.29 is 13.5 Å². The summed E-state index contributed by atoms with van der Waals surface area (Å²) in [5, 5.41) is 3.66. The second kappa shape index (κ2) is 5.57. The van der Waals surface area contributed by atoms with Crippen LogP contribution in [0.15, 0.2) is 12.1 Å². The highest BCUT2D eigenvalue weighted by Gasteiger charge is 2.41. The first-order valence-corrected chi connectivity index (χ1v) is 7.50. The van der Waals surface area contributed by atoms with E-state index in [9.17, 15) is 8.78 Å². The zero-order valence-corrected chi connectivity index (χ0v) is 12.2. The Morgan fingerprint density at radius 1 is 1.05 bits per heavy atom. The van der Waals surface area contributed by atoms with Crippen molar-refractivity contribution in [2.45, 2.75) is 38.3 Å². The van der Waals surface area contributed by atoms with E-state index < -0.39 is 6.61 Å². The number of hydrogen-bond acceptors (Lipinski definition) is 2. The van der Waals surface area contributed by atoms with Gasteiger partial charge in [-0.1, -0.05) is 23.2 Å². The Kier molecular flexibility index (Phi) is 3.95. The van der Waals surface area contributed by atoms with Crippen molar-refractivity contribution in [3.63, 3.8) is 0 Å². The van der Waals surface area contributed by atoms with Gasteiger partial charge in [0.25, 0.3) is 0 Å². The Morgan fingerprint density at radius 3 is 1.95 bits per heavy atom. The van der Waals surface area contributed by atoms with E-state index in [0.717, 1.165) is 17.5 Å². The number of halogens is 4. The second-order valence-electron chi connectivity index (χ2n) is 5.49. The molecule has 0 aliphatic heterocycles. The molecule has 0 radical (unpaired) electrons. The Bertz CT molecular complexity index is 469. The Morgan fingerprint density at radius 2 is 1.55 bits per heavy atom. The summed E-state index contributed by atoms with van der Waals surface area (Å²) >= 11 is 11.9. The normalized spacial score (nSPS) is 18.7. The third kappa shape index (κ3) is 3.29. The molecule has 2 fully saturated rings. The van der Waals surface area contributed by atoms with E-state index in [-0.39, 0.29) is 15.8 Å². The molecule has 3 rings (SSSR count). The van der Waals surface area contributed by atoms with Crippen LogP contribution in [-0.4, -0.2) is 12.7 Å². The molecule has 0 spiro atoms. The topological polar surface area (TPSA) is 21.3 Å². The molecule has 0 aromatic heterocycles. The smallest absolute Gasteiger partial charge is 0.387 e. The van der Waals surface area contributed by atoms with Gasteiger partial charge < -0.3 is 10.1 Å². The highest BCUT2D eigenvalue weighted by Crippen LogP contribution is 2.46. The highest BCUT2D eigenvalue weighted by atomic mass is 35.5. The lowest BCUT2D eigenvalue weighted by Crippen LogP contribution is -2.24. The van der Waals surface area contributed by atoms with Crippen LogP contribution in [0.5, 0.6) is 5.75 Å². The zero-order chi connectivity index (χ0) is 14.3. The molecule has 0 bridgehead atoms. The van der Waals surface area contributed by atoms with Gasteiger partial charge in [0, 0.05) is 11.7 Å². The number of hydrogen-bond donors (Lipinski definition) is 1. The lowest BCUT2D eigenvalue weighted by molar-refractivity contribution is -0.0497. The minimum atomic E-state index is -2.94. The predicted octanol–water partition coefficient (Wildman–Crippen LogP) is 5.20. The van der Waals surface area contributed by atoms with E-state index in [1.807, 2.05) is 0 Å². The maximum atomic E-state index is 12.3. The summed E-state index contributed by atoms with van der Waals surface area (Å²) in [4.78, 5) is 0. The second-order valence-corrected chi connectivity index (χ2v) is 6.31. The molecule has 0 atom stereocenters. The van der Waals surface area contributed by atoms with E-state index in [4.69, 9.17) is 23.2 Å². The van der Waals surface area contributed by atoms with Crippen LogP contribution in [0, 0.1) is 11.8 Å². The van der Waals surface area contributed by atoms with Crippen molar-refractivity contribution in [2.24, 2.45) is 11.8 Å². The first-order chi connectivity index (χ1) is 9.54. The van der Waals surface area contributed by atoms with Gasteiger partial charge in [0.1, 0.15) is 0 Å². The molecule has 1 aromatic rings. The van der Waals surface area contributed by atoms with Gasteiger partial charge in [-0.15, -0.1) is 0 Å². The van der Waals surface area contributed by atoms with Crippen molar-refractivity contribution in [2.75, 3.05) is 5.32 Å². The summed E-state index contributed by atoms with van der Waals surface area (Å²) < 4.78 is 28.9. The van der Waals surface area contributed by atoms with E-state index in [1.165, 1.54) is 25.7 Å². The number of nitrogens with one attached hydrogen (secondary N) is 1. The molecule has 110 valence electrons. The van der Waals surface area contributed by atoms with Crippen molar-refractivity contribution in [1.29, 1.82) is 0 Å². The van der Waals surface area contributed by atoms with Crippen LogP contribution in [-0.2, 0) is 0 Å². The summed E-state index contributed by atoms with van der Waals surface area (Å²) in [5.41, 5.74) is 0.769. The van der Waals surface area contributed by atoms with Crippen molar-refractivity contribution in [3.05, 3.63) is 22.2 Å². The van der Waals surface area contributed by atoms with Gasteiger partial charge in [0.15, 0.2) is 5.75 Å². The molecule has 2 aliphatic carbocycles. The quantitative estimate of drug-likeness (QED) is 0.778. The maximum absolute atomic E-state index is 12.3. The summed E-state index contributed by atoms with van der Waals surface area (Å²) in [7, 11) is 0. The molecule has 1 N–H and O–H groups in total. The lowest BCUT2D eigenvalue weighted by Gasteiger charge is -2.20. The van der Waals surface area contributed by atoms with Gasteiger partial charge in [0.05, 0.1) is 10.0 Å². The van der Waals surface area contributed by atoms with Crippen molar-refractivity contribution >= 4 is 28.9 Å². The lowest BCUT2D eigenvalue weighted by atomic mass is 10.1. The molecule has 2 saturated carbocycles. The minimum Gasteiger partial charge on any atom is -0.432 e. The fraction of sp³-hybridized carbons (Fsp3) is 0.571. The standard InChI is InChI=1S/C14H15Cl2F2NO/c15-10-5-9(6-11(16)13(10)20-14(17)18)19-12(7-1-2-7)8-3-4-8/h5-8,12,14,19H,1-4H2. The van der Waals surface area contributed by atoms with Gasteiger partial charge in [-0.3, -0.25) is 0 Å². The van der Waals surface area contributed by atoms with Crippen LogP contribution in [0.2, 0.25) is 10.0 Å². The zero-order valence-electron chi connectivity index (χ0n) is 10.7. The fourth-order valence-electron chi connectivity index (χ4n) is 2.57. The van der Waals surface area contributed by atoms with Gasteiger partial charge in [-0.2, -0.15) is 8.78 Å². The average Bonchev–Trinajstić information content (AvgIpc) is 3.25. The molecule has 0 saturated heterocycles. The first kappa shape index (κ1) is 14.2. The predicted molar refractivity (Wildman–Crippen MR) is 76.0 cm³/mol. The Labute approximate surface area is 126 Å². The summed E-state index contributed by atoms with van der Waals surface area (Å²) in [6, 6.07) is 3.65. The molecule has 1 aromatic carbocycles. The van der Waals surface area contributed by atoms with Gasteiger partial charge in [0.2, 0.25) is 0 Å². The van der Waals surface area contributed by atoms with Gasteiger partial charge in [-0.05, 0) is 49.7 Å². The fourth-order valence-corrected chi connectivity index (χ4v) is 3.14. The number of rotatable bonds is 6. The number of ether oxygens (including phenoxy) is 1. The van der Waals surface area contributed by atoms with Crippen molar-refractivity contribution in [1.82, 2.24) is 0 Å². The van der Waals surface area contributed by atoms with Crippen LogP contribution in [0.3, 0.4) is 0 Å². The van der Waals surface area contributed by atoms with Crippen molar-refractivity contribution in [3.8, 4) is 5.75 Å². The molecule has 2 aliphatic rings. The number of benzene rings is 1. The molecule has 0 amide bonds. The monoisotopic (exact) mass is 321 g/mol. The molecular formula is C14H15Cl2F2NO. The first-order valence-electron chi connectivity index (χ1n) is 6.75. The summed E-state index contributed by atoms with van der Waals surface area (Å²) in [6.45, 7) is -2.94. The number of alkyl halides is 2. The van der Waals surface area contributed by atoms with E-state index in [0.29, 0.717) is 6.04 Å². The average molecular weight is 322 g/mol. The van der Waals surface area contributed by atoms with Crippen LogP contribution >= 0.6 is 23.2 Å². The molecule has 6 heteroatoms. The van der Waals surface area contributed by atoms with Crippen LogP contribution in [0.25, 0.3) is 0 Å². The third-order valence-corrected chi connectivity index (χ3v) is 4.36. The molecular weight excluding hydrogens is 307 g/mol. The van der Waals surface area contributed by atoms with Crippen LogP contribution in [0.4, 0.5) is 14.5 Å². The molecule has 0 heterocycles. The Hall–Kier alpha value is -0.740. The molecule has 20 heavy (non-hydrogen) atoms. The highest BCUT2D eigenvalue weighted by molar-refractivity contribution is 6.37. The molecule has 0 unspecified atom stereocenters. The third-order valence-electron chi connectivity index (χ3n) is 3.80. The van der Waals surface area contributed by atoms with E-state index in [2.05, 4.69) is 10.1 Å². The van der Waals surface area contributed by atoms with Crippen LogP contribution < -0.4 is 10.1 Å². The van der Waals surface area contributed by atoms with Gasteiger partial charge >= 0.3 is 6.61 Å². The van der Waals surface area contributed by atoms with E-state index >= 15 is 0 Å². The Balaban J connectivity index is 1.76. The van der Waals surface area contributed by atoms with Gasteiger partial charge in [-0.25, -0.2) is 0 Å². The van der Waals surface area contributed by atoms with Crippen LogP contribution in [0.1, 0.15) is 25.7 Å².